The number of aryl methyl sites for hydroxylation is 1. The molecule has 0 bridgehead atoms. The second-order valence-electron chi connectivity index (χ2n) is 9.37. The third-order valence-electron chi connectivity index (χ3n) is 6.95. The molecule has 0 atom stereocenters. The van der Waals surface area contributed by atoms with Gasteiger partial charge < -0.3 is 15.3 Å². The van der Waals surface area contributed by atoms with Gasteiger partial charge in [0.25, 0.3) is 0 Å². The molecule has 4 rings (SSSR count). The minimum Gasteiger partial charge on any atom is -0.481 e. The molecule has 1 aliphatic rings. The lowest BCUT2D eigenvalue weighted by atomic mass is 9.80. The Balaban J connectivity index is 1.62. The monoisotopic (exact) mass is 530 g/mol. The predicted octanol–water partition coefficient (Wildman–Crippen LogP) is 7.59. The summed E-state index contributed by atoms with van der Waals surface area (Å²) in [5, 5.41) is 15.0. The molecular weight excluding hydrogens is 502 g/mol. The zero-order chi connectivity index (χ0) is 26.0. The highest BCUT2D eigenvalue weighted by molar-refractivity contribution is 6.36. The molecule has 1 aliphatic heterocycles. The third kappa shape index (κ3) is 5.60. The zero-order valence-electron chi connectivity index (χ0n) is 20.3. The van der Waals surface area contributed by atoms with Crippen LogP contribution in [0.3, 0.4) is 0 Å². The van der Waals surface area contributed by atoms with Crippen molar-refractivity contribution in [2.24, 2.45) is 0 Å². The molecule has 0 unspecified atom stereocenters. The lowest BCUT2D eigenvalue weighted by Crippen LogP contribution is -2.40. The summed E-state index contributed by atoms with van der Waals surface area (Å²) in [5.41, 5.74) is 4.05. The van der Waals surface area contributed by atoms with Crippen molar-refractivity contribution in [3.63, 3.8) is 0 Å². The molecule has 190 valence electrons. The van der Waals surface area contributed by atoms with Crippen molar-refractivity contribution in [2.75, 3.05) is 18.4 Å². The number of carbonyl (C=O) groups is 2. The van der Waals surface area contributed by atoms with Crippen molar-refractivity contribution in [2.45, 2.75) is 51.9 Å². The van der Waals surface area contributed by atoms with E-state index in [2.05, 4.69) is 5.32 Å². The Labute approximate surface area is 220 Å². The molecular formula is C28H29Cl2FN2O3. The number of carbonyl (C=O) groups excluding carboxylic acids is 1. The highest BCUT2D eigenvalue weighted by Gasteiger charge is 2.28. The highest BCUT2D eigenvalue weighted by atomic mass is 35.5. The number of carboxylic acid groups (broad SMARTS) is 1. The maximum Gasteiger partial charge on any atom is 0.321 e. The largest absolute Gasteiger partial charge is 0.481 e. The zero-order valence-corrected chi connectivity index (χ0v) is 21.8. The van der Waals surface area contributed by atoms with Gasteiger partial charge in [-0.3, -0.25) is 4.79 Å². The van der Waals surface area contributed by atoms with E-state index in [0.717, 1.165) is 45.9 Å². The second-order valence-corrected chi connectivity index (χ2v) is 10.2. The van der Waals surface area contributed by atoms with Crippen LogP contribution in [-0.2, 0) is 17.6 Å². The van der Waals surface area contributed by atoms with E-state index < -0.39 is 5.97 Å². The average Bonchev–Trinajstić information content (AvgIpc) is 2.82. The van der Waals surface area contributed by atoms with E-state index in [-0.39, 0.29) is 24.2 Å². The number of hydrogen-bond acceptors (Lipinski definition) is 2. The number of nitrogens with one attached hydrogen (secondary N) is 1. The Bertz CT molecular complexity index is 1320. The summed E-state index contributed by atoms with van der Waals surface area (Å²) in [5.74, 6) is -1.09. The number of hydrogen-bond donors (Lipinski definition) is 2. The van der Waals surface area contributed by atoms with Crippen molar-refractivity contribution in [3.8, 4) is 0 Å². The van der Waals surface area contributed by atoms with Gasteiger partial charge in [-0.1, -0.05) is 42.6 Å². The van der Waals surface area contributed by atoms with Crippen LogP contribution in [0.25, 0.3) is 10.8 Å². The fraction of sp³-hybridized carbons (Fsp3) is 0.357. The van der Waals surface area contributed by atoms with Crippen LogP contribution in [0.1, 0.15) is 54.4 Å². The van der Waals surface area contributed by atoms with E-state index in [9.17, 15) is 19.1 Å². The normalized spacial score (nSPS) is 14.3. The number of anilines is 1. The van der Waals surface area contributed by atoms with Crippen LogP contribution in [-0.4, -0.2) is 35.1 Å². The second kappa shape index (κ2) is 11.1. The van der Waals surface area contributed by atoms with Crippen LogP contribution in [0, 0.1) is 12.7 Å². The van der Waals surface area contributed by atoms with E-state index >= 15 is 0 Å². The molecule has 36 heavy (non-hydrogen) atoms. The summed E-state index contributed by atoms with van der Waals surface area (Å²) in [6.07, 6.45) is 2.87. The summed E-state index contributed by atoms with van der Waals surface area (Å²) in [6.45, 7) is 5.01. The van der Waals surface area contributed by atoms with Crippen LogP contribution in [0.15, 0.2) is 36.4 Å². The standard InChI is InChI=1S/C28H29Cl2FN2O3/c1-3-4-18-11-21(31)15-23-22(18)12-19(13-26(34)35)16(2)27(23)17-7-9-33(10-8-17)28(36)32-25-6-5-20(29)14-24(25)30/h5-6,11-12,14-15,17H,3-4,7-10,13H2,1-2H3,(H,32,36)(H,34,35). The van der Waals surface area contributed by atoms with Crippen LogP contribution in [0.2, 0.25) is 10.0 Å². The topological polar surface area (TPSA) is 69.6 Å². The summed E-state index contributed by atoms with van der Waals surface area (Å²) in [4.78, 5) is 26.2. The number of rotatable bonds is 6. The first-order valence-electron chi connectivity index (χ1n) is 12.1. The molecule has 3 aromatic carbocycles. The van der Waals surface area contributed by atoms with Gasteiger partial charge in [-0.15, -0.1) is 0 Å². The molecule has 3 aromatic rings. The number of aliphatic carboxylic acids is 1. The predicted molar refractivity (Wildman–Crippen MR) is 143 cm³/mol. The molecule has 0 spiro atoms. The fourth-order valence-corrected chi connectivity index (χ4v) is 5.69. The van der Waals surface area contributed by atoms with Gasteiger partial charge >= 0.3 is 12.0 Å². The summed E-state index contributed by atoms with van der Waals surface area (Å²) < 4.78 is 14.7. The number of halogens is 3. The number of carboxylic acids is 1. The van der Waals surface area contributed by atoms with E-state index in [1.807, 2.05) is 19.9 Å². The Hall–Kier alpha value is -2.83. The van der Waals surface area contributed by atoms with Gasteiger partial charge in [-0.2, -0.15) is 0 Å². The Morgan fingerprint density at radius 1 is 1.08 bits per heavy atom. The highest BCUT2D eigenvalue weighted by Crippen LogP contribution is 2.39. The third-order valence-corrected chi connectivity index (χ3v) is 7.50. The van der Waals surface area contributed by atoms with Gasteiger partial charge in [0.15, 0.2) is 0 Å². The van der Waals surface area contributed by atoms with Gasteiger partial charge in [0, 0.05) is 18.1 Å². The van der Waals surface area contributed by atoms with Gasteiger partial charge in [0.2, 0.25) is 0 Å². The molecule has 0 aromatic heterocycles. The van der Waals surface area contributed by atoms with E-state index in [1.54, 1.807) is 35.2 Å². The van der Waals surface area contributed by atoms with Gasteiger partial charge in [0.05, 0.1) is 17.1 Å². The van der Waals surface area contributed by atoms with Gasteiger partial charge in [0.1, 0.15) is 5.82 Å². The first-order valence-corrected chi connectivity index (χ1v) is 12.9. The first-order chi connectivity index (χ1) is 17.2. The van der Waals surface area contributed by atoms with Gasteiger partial charge in [-0.25, -0.2) is 9.18 Å². The smallest absolute Gasteiger partial charge is 0.321 e. The SMILES string of the molecule is CCCc1cc(F)cc2c(C3CCN(C(=O)Nc4ccc(Cl)cc4Cl)CC3)c(C)c(CC(=O)O)cc12. The van der Waals surface area contributed by atoms with Crippen molar-refractivity contribution in [1.82, 2.24) is 4.90 Å². The number of fused-ring (bicyclic) bond motifs is 1. The maximum absolute atomic E-state index is 14.7. The molecule has 5 nitrogen and oxygen atoms in total. The molecule has 8 heteroatoms. The quantitative estimate of drug-likeness (QED) is 0.345. The number of benzene rings is 3. The molecule has 1 heterocycles. The number of piperidine rings is 1. The van der Waals surface area contributed by atoms with E-state index in [4.69, 9.17) is 23.2 Å². The number of amides is 2. The van der Waals surface area contributed by atoms with Gasteiger partial charge in [-0.05, 0) is 95.5 Å². The van der Waals surface area contributed by atoms with Crippen LogP contribution in [0.5, 0.6) is 0 Å². The maximum atomic E-state index is 14.7. The van der Waals surface area contributed by atoms with Crippen LogP contribution in [0.4, 0.5) is 14.9 Å². The molecule has 1 fully saturated rings. The average molecular weight is 531 g/mol. The molecule has 0 saturated carbocycles. The minimum absolute atomic E-state index is 0.0825. The van der Waals surface area contributed by atoms with Crippen molar-refractivity contribution in [3.05, 3.63) is 74.5 Å². The number of nitrogens with zero attached hydrogens (tertiary/aromatic N) is 1. The van der Waals surface area contributed by atoms with E-state index in [0.29, 0.717) is 41.7 Å². The van der Waals surface area contributed by atoms with E-state index in [1.165, 1.54) is 0 Å². The minimum atomic E-state index is -0.894. The first kappa shape index (κ1) is 26.2. The van der Waals surface area contributed by atoms with Crippen LogP contribution < -0.4 is 5.32 Å². The van der Waals surface area contributed by atoms with Crippen molar-refractivity contribution in [1.29, 1.82) is 0 Å². The van der Waals surface area contributed by atoms with Crippen molar-refractivity contribution < 1.29 is 19.1 Å². The lowest BCUT2D eigenvalue weighted by Gasteiger charge is -2.34. The Morgan fingerprint density at radius 3 is 2.44 bits per heavy atom. The summed E-state index contributed by atoms with van der Waals surface area (Å²) >= 11 is 12.1. The van der Waals surface area contributed by atoms with Crippen LogP contribution >= 0.6 is 23.2 Å². The molecule has 0 radical (unpaired) electrons. The fourth-order valence-electron chi connectivity index (χ4n) is 5.23. The summed E-state index contributed by atoms with van der Waals surface area (Å²) in [6, 6.07) is 9.73. The number of likely N-dealkylation sites (tertiary alicyclic amines) is 1. The molecule has 0 aliphatic carbocycles. The Morgan fingerprint density at radius 2 is 1.81 bits per heavy atom. The molecule has 1 saturated heterocycles. The molecule has 2 amide bonds. The Kier molecular flexibility index (Phi) is 8.06. The lowest BCUT2D eigenvalue weighted by molar-refractivity contribution is -0.136. The van der Waals surface area contributed by atoms with Crippen molar-refractivity contribution >= 4 is 51.7 Å². The molecule has 2 N–H and O–H groups in total. The number of urea groups is 1. The summed E-state index contributed by atoms with van der Waals surface area (Å²) in [7, 11) is 0.